The van der Waals surface area contributed by atoms with Crippen molar-refractivity contribution in [3.8, 4) is 33.4 Å². The van der Waals surface area contributed by atoms with E-state index in [-0.39, 0.29) is 0 Å². The Morgan fingerprint density at radius 2 is 0.814 bits per heavy atom. The third-order valence-electron chi connectivity index (χ3n) is 8.93. The summed E-state index contributed by atoms with van der Waals surface area (Å²) in [5.41, 5.74) is 11.3. The molecule has 1 heteroatoms. The van der Waals surface area contributed by atoms with Crippen LogP contribution in [0.3, 0.4) is 0 Å². The van der Waals surface area contributed by atoms with Gasteiger partial charge in [-0.3, -0.25) is 0 Å². The molecule has 0 aliphatic heterocycles. The Morgan fingerprint density at radius 3 is 1.51 bits per heavy atom. The van der Waals surface area contributed by atoms with Crippen LogP contribution in [0.4, 0.5) is 17.1 Å². The van der Waals surface area contributed by atoms with Crippen LogP contribution in [0.2, 0.25) is 0 Å². The number of rotatable bonds is 4. The van der Waals surface area contributed by atoms with Gasteiger partial charge in [-0.1, -0.05) is 109 Å². The normalized spacial score (nSPS) is 11.7. The smallest absolute Gasteiger partial charge is 0.0540 e. The Labute approximate surface area is 250 Å². The molecule has 200 valence electrons. The monoisotopic (exact) mass is 545 g/mol. The summed E-state index contributed by atoms with van der Waals surface area (Å²) in [4.78, 5) is 2.41. The van der Waals surface area contributed by atoms with E-state index in [1.807, 2.05) is 0 Å². The van der Waals surface area contributed by atoms with E-state index in [0.717, 1.165) is 11.4 Å². The number of nitrogens with zero attached hydrogens (tertiary/aromatic N) is 1. The van der Waals surface area contributed by atoms with E-state index in [0.29, 0.717) is 0 Å². The Hall–Kier alpha value is -5.66. The lowest BCUT2D eigenvalue weighted by molar-refractivity contribution is 1.30. The Morgan fingerprint density at radius 1 is 0.302 bits per heavy atom. The topological polar surface area (TPSA) is 3.24 Å². The second-order valence-corrected chi connectivity index (χ2v) is 11.4. The van der Waals surface area contributed by atoms with Crippen molar-refractivity contribution in [2.45, 2.75) is 0 Å². The van der Waals surface area contributed by atoms with Crippen molar-refractivity contribution in [2.24, 2.45) is 0 Å². The van der Waals surface area contributed by atoms with E-state index in [2.05, 4.69) is 169 Å². The van der Waals surface area contributed by atoms with Crippen LogP contribution in [-0.2, 0) is 0 Å². The van der Waals surface area contributed by atoms with Gasteiger partial charge in [-0.25, -0.2) is 0 Å². The molecule has 0 atom stereocenters. The van der Waals surface area contributed by atoms with Gasteiger partial charge in [0.1, 0.15) is 0 Å². The molecule has 1 aliphatic rings. The first kappa shape index (κ1) is 24.0. The molecule has 1 aliphatic carbocycles. The second-order valence-electron chi connectivity index (χ2n) is 11.4. The molecule has 0 saturated heterocycles. The predicted octanol–water partition coefficient (Wildman–Crippen LogP) is 11.9. The minimum absolute atomic E-state index is 1.14. The summed E-state index contributed by atoms with van der Waals surface area (Å²) in [6.45, 7) is 0. The highest BCUT2D eigenvalue weighted by molar-refractivity contribution is 6.14. The molecule has 0 saturated carbocycles. The predicted molar refractivity (Wildman–Crippen MR) is 184 cm³/mol. The standard InChI is InChI=1S/C42H27N/c1-2-9-28(10-3-1)30-17-20-35(21-18-30)43(36-22-19-29-11-4-5-12-31(29)23-36)42-16-8-15-34-26-40-38-24-32-13-6-7-14-33(32)25-39(38)41(40)27-37(34)42/h1-27H. The zero-order chi connectivity index (χ0) is 28.3. The van der Waals surface area contributed by atoms with Gasteiger partial charge in [0.15, 0.2) is 0 Å². The summed E-state index contributed by atoms with van der Waals surface area (Å²) in [5.74, 6) is 0. The van der Waals surface area contributed by atoms with Gasteiger partial charge in [0.25, 0.3) is 0 Å². The van der Waals surface area contributed by atoms with Gasteiger partial charge in [-0.15, -0.1) is 0 Å². The van der Waals surface area contributed by atoms with E-state index < -0.39 is 0 Å². The fourth-order valence-electron chi connectivity index (χ4n) is 6.75. The molecule has 0 amide bonds. The number of hydrogen-bond donors (Lipinski definition) is 0. The van der Waals surface area contributed by atoms with E-state index in [1.165, 1.54) is 71.4 Å². The highest BCUT2D eigenvalue weighted by Gasteiger charge is 2.25. The molecule has 0 fully saturated rings. The largest absolute Gasteiger partial charge is 0.310 e. The minimum Gasteiger partial charge on any atom is -0.310 e. The van der Waals surface area contributed by atoms with Crippen molar-refractivity contribution in [2.75, 3.05) is 4.90 Å². The van der Waals surface area contributed by atoms with E-state index in [4.69, 9.17) is 0 Å². The zero-order valence-electron chi connectivity index (χ0n) is 23.5. The molecule has 0 spiro atoms. The summed E-state index contributed by atoms with van der Waals surface area (Å²) in [5, 5.41) is 7.56. The first-order valence-electron chi connectivity index (χ1n) is 14.8. The van der Waals surface area contributed by atoms with Crippen molar-refractivity contribution >= 4 is 49.4 Å². The lowest BCUT2D eigenvalue weighted by Gasteiger charge is -2.30. The van der Waals surface area contributed by atoms with E-state index >= 15 is 0 Å². The number of anilines is 3. The first-order valence-corrected chi connectivity index (χ1v) is 14.8. The van der Waals surface area contributed by atoms with Gasteiger partial charge in [0.05, 0.1) is 5.69 Å². The Kier molecular flexibility index (Phi) is 5.27. The molecule has 0 heterocycles. The van der Waals surface area contributed by atoms with Gasteiger partial charge in [-0.05, 0) is 115 Å². The third-order valence-corrected chi connectivity index (χ3v) is 8.93. The maximum atomic E-state index is 2.41. The van der Waals surface area contributed by atoms with Gasteiger partial charge < -0.3 is 4.90 Å². The molecule has 43 heavy (non-hydrogen) atoms. The molecule has 0 N–H and O–H groups in total. The van der Waals surface area contributed by atoms with Gasteiger partial charge in [0.2, 0.25) is 0 Å². The molecular formula is C42H27N. The molecule has 1 nitrogen and oxygen atoms in total. The number of fused-ring (bicyclic) bond motifs is 7. The van der Waals surface area contributed by atoms with Crippen molar-refractivity contribution in [3.05, 3.63) is 164 Å². The summed E-state index contributed by atoms with van der Waals surface area (Å²) in [6, 6.07) is 59.8. The molecule has 9 rings (SSSR count). The van der Waals surface area contributed by atoms with Crippen LogP contribution >= 0.6 is 0 Å². The summed E-state index contributed by atoms with van der Waals surface area (Å²) >= 11 is 0. The lowest BCUT2D eigenvalue weighted by atomic mass is 9.78. The van der Waals surface area contributed by atoms with Crippen LogP contribution in [0.1, 0.15) is 0 Å². The maximum absolute atomic E-state index is 2.41. The average Bonchev–Trinajstić information content (AvgIpc) is 3.07. The molecular weight excluding hydrogens is 518 g/mol. The van der Waals surface area contributed by atoms with Gasteiger partial charge >= 0.3 is 0 Å². The fourth-order valence-corrected chi connectivity index (χ4v) is 6.75. The first-order chi connectivity index (χ1) is 21.3. The second kappa shape index (κ2) is 9.44. The average molecular weight is 546 g/mol. The fraction of sp³-hybridized carbons (Fsp3) is 0. The van der Waals surface area contributed by atoms with Crippen molar-refractivity contribution in [1.82, 2.24) is 0 Å². The lowest BCUT2D eigenvalue weighted by Crippen LogP contribution is -2.11. The zero-order valence-corrected chi connectivity index (χ0v) is 23.5. The molecule has 0 radical (unpaired) electrons. The number of benzene rings is 8. The van der Waals surface area contributed by atoms with Crippen molar-refractivity contribution < 1.29 is 0 Å². The van der Waals surface area contributed by atoms with Crippen LogP contribution < -0.4 is 4.90 Å². The number of hydrogen-bond acceptors (Lipinski definition) is 1. The quantitative estimate of drug-likeness (QED) is 0.213. The summed E-state index contributed by atoms with van der Waals surface area (Å²) in [7, 11) is 0. The van der Waals surface area contributed by atoms with Crippen LogP contribution in [0.5, 0.6) is 0 Å². The van der Waals surface area contributed by atoms with Crippen LogP contribution in [0, 0.1) is 0 Å². The Bertz CT molecular complexity index is 2330. The highest BCUT2D eigenvalue weighted by Crippen LogP contribution is 2.52. The van der Waals surface area contributed by atoms with Crippen LogP contribution in [0.15, 0.2) is 164 Å². The molecule has 0 aromatic heterocycles. The van der Waals surface area contributed by atoms with E-state index in [9.17, 15) is 0 Å². The minimum atomic E-state index is 1.14. The molecule has 8 aromatic rings. The SMILES string of the molecule is c1ccc(-c2ccc(N(c3ccc4ccccc4c3)c3cccc4cc5c(cc34)-c3cc4ccccc4cc3-5)cc2)cc1. The maximum Gasteiger partial charge on any atom is 0.0540 e. The van der Waals surface area contributed by atoms with Crippen molar-refractivity contribution in [1.29, 1.82) is 0 Å². The molecule has 0 bridgehead atoms. The highest BCUT2D eigenvalue weighted by atomic mass is 15.1. The van der Waals surface area contributed by atoms with Gasteiger partial charge in [-0.2, -0.15) is 0 Å². The van der Waals surface area contributed by atoms with E-state index in [1.54, 1.807) is 0 Å². The molecule has 0 unspecified atom stereocenters. The Balaban J connectivity index is 1.23. The van der Waals surface area contributed by atoms with Gasteiger partial charge in [0, 0.05) is 16.8 Å². The molecule has 8 aromatic carbocycles. The van der Waals surface area contributed by atoms with Crippen LogP contribution in [0.25, 0.3) is 65.7 Å². The summed E-state index contributed by atoms with van der Waals surface area (Å²) in [6.07, 6.45) is 0. The van der Waals surface area contributed by atoms with Crippen molar-refractivity contribution in [3.63, 3.8) is 0 Å². The van der Waals surface area contributed by atoms with Crippen LogP contribution in [-0.4, -0.2) is 0 Å². The third kappa shape index (κ3) is 3.86. The summed E-state index contributed by atoms with van der Waals surface area (Å²) < 4.78 is 0.